The molecule has 0 aliphatic heterocycles. The average Bonchev–Trinajstić information content (AvgIpc) is 2.79. The predicted molar refractivity (Wildman–Crippen MR) is 64.9 cm³/mol. The maximum atomic E-state index is 11.6. The molecule has 16 heavy (non-hydrogen) atoms. The van der Waals surface area contributed by atoms with E-state index in [2.05, 4.69) is 6.07 Å². The molecular formula is C13H12O2S. The minimum Gasteiger partial charge on any atom is -0.461 e. The Morgan fingerprint density at radius 1 is 1.31 bits per heavy atom. The van der Waals surface area contributed by atoms with E-state index in [-0.39, 0.29) is 5.78 Å². The predicted octanol–water partition coefficient (Wildman–Crippen LogP) is 3.56. The second-order valence-corrected chi connectivity index (χ2v) is 4.55. The number of hydrogen-bond donors (Lipinski definition) is 0. The third-order valence-corrected chi connectivity index (χ3v) is 3.15. The summed E-state index contributed by atoms with van der Waals surface area (Å²) >= 11 is 1.53. The molecule has 0 aliphatic rings. The lowest BCUT2D eigenvalue weighted by Gasteiger charge is -2.00. The van der Waals surface area contributed by atoms with Crippen LogP contribution < -0.4 is 0 Å². The van der Waals surface area contributed by atoms with Crippen LogP contribution in [0.25, 0.3) is 0 Å². The summed E-state index contributed by atoms with van der Waals surface area (Å²) in [5.74, 6) is 0.869. The number of thioether (sulfide) groups is 1. The number of aryl methyl sites for hydroxylation is 1. The molecule has 0 amide bonds. The van der Waals surface area contributed by atoms with Gasteiger partial charge in [0.05, 0.1) is 12.0 Å². The molecule has 0 spiro atoms. The topological polar surface area (TPSA) is 30.2 Å². The molecule has 0 bridgehead atoms. The largest absolute Gasteiger partial charge is 0.461 e. The molecule has 0 radical (unpaired) electrons. The van der Waals surface area contributed by atoms with Gasteiger partial charge in [-0.3, -0.25) is 4.79 Å². The van der Waals surface area contributed by atoms with Crippen molar-refractivity contribution < 1.29 is 9.21 Å². The van der Waals surface area contributed by atoms with Gasteiger partial charge in [-0.2, -0.15) is 0 Å². The molecular weight excluding hydrogens is 220 g/mol. The van der Waals surface area contributed by atoms with Crippen LogP contribution in [0.4, 0.5) is 0 Å². The molecule has 82 valence electrons. The minimum absolute atomic E-state index is 0.0245. The van der Waals surface area contributed by atoms with Crippen LogP contribution in [0, 0.1) is 6.92 Å². The summed E-state index contributed by atoms with van der Waals surface area (Å²) in [6.07, 6.45) is 1.52. The molecule has 0 unspecified atom stereocenters. The second-order valence-electron chi connectivity index (χ2n) is 3.51. The molecule has 2 aromatic rings. The molecule has 0 fully saturated rings. The van der Waals surface area contributed by atoms with E-state index in [1.807, 2.05) is 25.1 Å². The fourth-order valence-electron chi connectivity index (χ4n) is 1.36. The molecule has 3 heteroatoms. The van der Waals surface area contributed by atoms with Gasteiger partial charge in [0.25, 0.3) is 0 Å². The first-order valence-corrected chi connectivity index (χ1v) is 6.00. The fraction of sp³-hybridized carbons (Fsp3) is 0.154. The molecule has 2 rings (SSSR count). The van der Waals surface area contributed by atoms with Gasteiger partial charge in [-0.1, -0.05) is 17.7 Å². The van der Waals surface area contributed by atoms with E-state index in [0.717, 1.165) is 4.90 Å². The van der Waals surface area contributed by atoms with Crippen molar-refractivity contribution >= 4 is 17.5 Å². The van der Waals surface area contributed by atoms with Crippen LogP contribution >= 0.6 is 11.8 Å². The highest BCUT2D eigenvalue weighted by molar-refractivity contribution is 8.00. The third kappa shape index (κ3) is 2.76. The molecule has 1 aromatic carbocycles. The lowest BCUT2D eigenvalue weighted by Crippen LogP contribution is -2.00. The van der Waals surface area contributed by atoms with E-state index in [4.69, 9.17) is 4.42 Å². The van der Waals surface area contributed by atoms with Crippen LogP contribution in [0.15, 0.2) is 52.0 Å². The van der Waals surface area contributed by atoms with E-state index in [1.165, 1.54) is 23.6 Å². The highest BCUT2D eigenvalue weighted by Gasteiger charge is 2.08. The smallest absolute Gasteiger partial charge is 0.208 e. The summed E-state index contributed by atoms with van der Waals surface area (Å²) in [5, 5.41) is 0. The van der Waals surface area contributed by atoms with E-state index >= 15 is 0 Å². The zero-order chi connectivity index (χ0) is 11.4. The van der Waals surface area contributed by atoms with Gasteiger partial charge < -0.3 is 4.42 Å². The Bertz CT molecular complexity index is 474. The zero-order valence-electron chi connectivity index (χ0n) is 8.97. The fourth-order valence-corrected chi connectivity index (χ4v) is 2.25. The lowest BCUT2D eigenvalue weighted by molar-refractivity contribution is 0.0992. The maximum Gasteiger partial charge on any atom is 0.208 e. The van der Waals surface area contributed by atoms with E-state index in [0.29, 0.717) is 11.5 Å². The number of carbonyl (C=O) groups excluding carboxylic acids is 1. The first-order valence-electron chi connectivity index (χ1n) is 5.02. The SMILES string of the molecule is Cc1cccc(SCC(=O)c2ccco2)c1. The van der Waals surface area contributed by atoms with Crippen LogP contribution in [-0.4, -0.2) is 11.5 Å². The number of rotatable bonds is 4. The Kier molecular flexibility index (Phi) is 3.47. The van der Waals surface area contributed by atoms with Crippen molar-refractivity contribution in [2.75, 3.05) is 5.75 Å². The number of furan rings is 1. The van der Waals surface area contributed by atoms with Crippen molar-refractivity contribution in [3.8, 4) is 0 Å². The van der Waals surface area contributed by atoms with E-state index in [1.54, 1.807) is 12.1 Å². The Morgan fingerprint density at radius 2 is 2.19 bits per heavy atom. The first-order chi connectivity index (χ1) is 7.75. The Balaban J connectivity index is 1.95. The number of hydrogen-bond acceptors (Lipinski definition) is 3. The van der Waals surface area contributed by atoms with E-state index in [9.17, 15) is 4.79 Å². The summed E-state index contributed by atoms with van der Waals surface area (Å²) < 4.78 is 5.04. The third-order valence-electron chi connectivity index (χ3n) is 2.16. The van der Waals surface area contributed by atoms with Gasteiger partial charge >= 0.3 is 0 Å². The van der Waals surface area contributed by atoms with Crippen LogP contribution in [0.1, 0.15) is 16.1 Å². The Morgan fingerprint density at radius 3 is 2.88 bits per heavy atom. The van der Waals surface area contributed by atoms with Crippen LogP contribution in [0.5, 0.6) is 0 Å². The lowest BCUT2D eigenvalue weighted by atomic mass is 10.2. The van der Waals surface area contributed by atoms with Crippen LogP contribution in [0.2, 0.25) is 0 Å². The highest BCUT2D eigenvalue weighted by atomic mass is 32.2. The Hall–Kier alpha value is -1.48. The molecule has 0 aliphatic carbocycles. The average molecular weight is 232 g/mol. The van der Waals surface area contributed by atoms with Gasteiger partial charge in [-0.05, 0) is 31.2 Å². The van der Waals surface area contributed by atoms with Crippen molar-refractivity contribution in [3.05, 3.63) is 54.0 Å². The number of ketones is 1. The molecule has 0 atom stereocenters. The molecule has 0 saturated carbocycles. The zero-order valence-corrected chi connectivity index (χ0v) is 9.79. The molecule has 0 N–H and O–H groups in total. The van der Waals surface area contributed by atoms with Gasteiger partial charge in [0.15, 0.2) is 5.76 Å². The van der Waals surface area contributed by atoms with Crippen molar-refractivity contribution in [3.63, 3.8) is 0 Å². The van der Waals surface area contributed by atoms with Gasteiger partial charge in [0.2, 0.25) is 5.78 Å². The number of carbonyl (C=O) groups is 1. The van der Waals surface area contributed by atoms with Crippen molar-refractivity contribution in [1.29, 1.82) is 0 Å². The van der Waals surface area contributed by atoms with Gasteiger partial charge in [-0.15, -0.1) is 11.8 Å². The normalized spacial score (nSPS) is 10.3. The molecule has 1 heterocycles. The van der Waals surface area contributed by atoms with Crippen molar-refractivity contribution in [1.82, 2.24) is 0 Å². The summed E-state index contributed by atoms with van der Waals surface area (Å²) in [5.41, 5.74) is 1.20. The molecule has 2 nitrogen and oxygen atoms in total. The summed E-state index contributed by atoms with van der Waals surface area (Å²) in [7, 11) is 0. The molecule has 1 aromatic heterocycles. The first kappa shape index (κ1) is 11.0. The van der Waals surface area contributed by atoms with E-state index < -0.39 is 0 Å². The van der Waals surface area contributed by atoms with Gasteiger partial charge in [-0.25, -0.2) is 0 Å². The quantitative estimate of drug-likeness (QED) is 0.596. The Labute approximate surface area is 98.7 Å². The molecule has 0 saturated heterocycles. The van der Waals surface area contributed by atoms with Crippen LogP contribution in [-0.2, 0) is 0 Å². The number of benzene rings is 1. The second kappa shape index (κ2) is 5.03. The summed E-state index contributed by atoms with van der Waals surface area (Å²) in [6.45, 7) is 2.04. The van der Waals surface area contributed by atoms with Crippen molar-refractivity contribution in [2.24, 2.45) is 0 Å². The summed E-state index contributed by atoms with van der Waals surface area (Å²) in [6, 6.07) is 11.5. The van der Waals surface area contributed by atoms with Crippen LogP contribution in [0.3, 0.4) is 0 Å². The standard InChI is InChI=1S/C13H12O2S/c1-10-4-2-5-11(8-10)16-9-12(14)13-6-3-7-15-13/h2-8H,9H2,1H3. The minimum atomic E-state index is 0.0245. The van der Waals surface area contributed by atoms with Gasteiger partial charge in [0, 0.05) is 4.90 Å². The van der Waals surface area contributed by atoms with Gasteiger partial charge in [0.1, 0.15) is 0 Å². The summed E-state index contributed by atoms with van der Waals surface area (Å²) in [4.78, 5) is 12.8. The monoisotopic (exact) mass is 232 g/mol. The number of Topliss-reactive ketones (excluding diaryl/α,β-unsaturated/α-hetero) is 1. The van der Waals surface area contributed by atoms with Crippen molar-refractivity contribution in [2.45, 2.75) is 11.8 Å². The maximum absolute atomic E-state index is 11.6. The highest BCUT2D eigenvalue weighted by Crippen LogP contribution is 2.20.